The van der Waals surface area contributed by atoms with E-state index in [1.54, 1.807) is 24.3 Å². The highest BCUT2D eigenvalue weighted by molar-refractivity contribution is 7.89. The lowest BCUT2D eigenvalue weighted by Gasteiger charge is -2.39. The predicted molar refractivity (Wildman–Crippen MR) is 141 cm³/mol. The molecular formula is C29H32N2O4S. The van der Waals surface area contributed by atoms with Gasteiger partial charge in [0.25, 0.3) is 10.0 Å². The molecule has 2 atom stereocenters. The number of nitrogens with zero attached hydrogens (tertiary/aromatic N) is 2. The van der Waals surface area contributed by atoms with Crippen LogP contribution in [0.1, 0.15) is 59.7 Å². The molecule has 0 aliphatic carbocycles. The van der Waals surface area contributed by atoms with Gasteiger partial charge in [0.2, 0.25) is 0 Å². The molecule has 0 bridgehead atoms. The van der Waals surface area contributed by atoms with E-state index < -0.39 is 22.0 Å². The first-order chi connectivity index (χ1) is 17.1. The van der Waals surface area contributed by atoms with Crippen LogP contribution in [0.5, 0.6) is 0 Å². The van der Waals surface area contributed by atoms with Crippen LogP contribution in [0, 0.1) is 26.7 Å². The number of sulfonamides is 1. The quantitative estimate of drug-likeness (QED) is 0.387. The Kier molecular flexibility index (Phi) is 7.31. The number of ether oxygens (including phenoxy) is 1. The molecule has 0 saturated heterocycles. The van der Waals surface area contributed by atoms with E-state index >= 15 is 0 Å². The van der Waals surface area contributed by atoms with Crippen LogP contribution in [0.3, 0.4) is 0 Å². The second-order valence-corrected chi connectivity index (χ2v) is 11.2. The molecule has 0 saturated carbocycles. The van der Waals surface area contributed by atoms with Crippen LogP contribution in [0.4, 0.5) is 0 Å². The molecule has 7 heteroatoms. The molecular weight excluding hydrogens is 472 g/mol. The van der Waals surface area contributed by atoms with Crippen molar-refractivity contribution in [2.75, 3.05) is 6.61 Å². The summed E-state index contributed by atoms with van der Waals surface area (Å²) in [6.45, 7) is 9.34. The Balaban J connectivity index is 1.97. The van der Waals surface area contributed by atoms with Crippen LogP contribution in [-0.2, 0) is 19.6 Å². The van der Waals surface area contributed by atoms with Crippen molar-refractivity contribution in [3.05, 3.63) is 100 Å². The lowest BCUT2D eigenvalue weighted by molar-refractivity contribution is -0.142. The summed E-state index contributed by atoms with van der Waals surface area (Å²) in [6.07, 6.45) is 0.598. The third-order valence-electron chi connectivity index (χ3n) is 6.58. The molecule has 3 aromatic rings. The first-order valence-corrected chi connectivity index (χ1v) is 13.6. The van der Waals surface area contributed by atoms with Gasteiger partial charge in [-0.05, 0) is 44.9 Å². The normalized spacial score (nSPS) is 16.2. The largest absolute Gasteiger partial charge is 0.465 e. The van der Waals surface area contributed by atoms with Gasteiger partial charge in [-0.1, -0.05) is 78.2 Å². The second kappa shape index (κ2) is 10.3. The molecule has 2 unspecified atom stereocenters. The van der Waals surface area contributed by atoms with Gasteiger partial charge in [0, 0.05) is 24.0 Å². The van der Waals surface area contributed by atoms with Gasteiger partial charge in [0.1, 0.15) is 0 Å². The van der Waals surface area contributed by atoms with E-state index in [1.165, 1.54) is 11.3 Å². The van der Waals surface area contributed by atoms with Gasteiger partial charge in [-0.15, -0.1) is 0 Å². The smallest absolute Gasteiger partial charge is 0.302 e. The van der Waals surface area contributed by atoms with E-state index in [2.05, 4.69) is 0 Å². The molecule has 36 heavy (non-hydrogen) atoms. The lowest BCUT2D eigenvalue weighted by atomic mass is 9.84. The summed E-state index contributed by atoms with van der Waals surface area (Å²) in [5, 5.41) is 4.82. The van der Waals surface area contributed by atoms with Gasteiger partial charge in [-0.3, -0.25) is 4.79 Å². The van der Waals surface area contributed by atoms with Crippen molar-refractivity contribution in [2.45, 2.75) is 52.0 Å². The molecule has 188 valence electrons. The van der Waals surface area contributed by atoms with Crippen LogP contribution in [0.2, 0.25) is 0 Å². The molecule has 1 heterocycles. The topological polar surface area (TPSA) is 76.0 Å². The van der Waals surface area contributed by atoms with Crippen molar-refractivity contribution in [1.29, 1.82) is 0 Å². The summed E-state index contributed by atoms with van der Waals surface area (Å²) in [4.78, 5) is 11.8. The number of carbonyl (C=O) groups is 1. The number of hydrogen-bond acceptors (Lipinski definition) is 5. The van der Waals surface area contributed by atoms with Crippen molar-refractivity contribution in [3.8, 4) is 0 Å². The molecule has 6 nitrogen and oxygen atoms in total. The van der Waals surface area contributed by atoms with E-state index in [0.717, 1.165) is 33.4 Å². The molecule has 0 aromatic heterocycles. The van der Waals surface area contributed by atoms with E-state index in [-0.39, 0.29) is 17.4 Å². The van der Waals surface area contributed by atoms with Crippen LogP contribution in [0.15, 0.2) is 76.7 Å². The maximum absolute atomic E-state index is 14.1. The van der Waals surface area contributed by atoms with E-state index in [1.807, 2.05) is 70.2 Å². The first kappa shape index (κ1) is 25.6. The van der Waals surface area contributed by atoms with Gasteiger partial charge in [-0.25, -0.2) is 0 Å². The molecule has 4 rings (SSSR count). The van der Waals surface area contributed by atoms with E-state index in [0.29, 0.717) is 12.1 Å². The highest BCUT2D eigenvalue weighted by Crippen LogP contribution is 2.42. The molecule has 1 aliphatic heterocycles. The second-order valence-electron chi connectivity index (χ2n) is 9.41. The molecule has 0 fully saturated rings. The standard InChI is InChI=1S/C29H32N2O4S/c1-6-23(18-35-22(5)32)29-27-17-21(4)11-16-26(27)28(24-12-7-19(2)8-13-24)30-31(29)36(33,34)25-14-9-20(3)10-15-25/h7-17,23,29H,6,18H2,1-5H3. The predicted octanol–water partition coefficient (Wildman–Crippen LogP) is 5.70. The molecule has 0 N–H and O–H groups in total. The van der Waals surface area contributed by atoms with E-state index in [4.69, 9.17) is 9.84 Å². The number of benzene rings is 3. The highest BCUT2D eigenvalue weighted by Gasteiger charge is 2.41. The average Bonchev–Trinajstić information content (AvgIpc) is 2.84. The van der Waals surface area contributed by atoms with Gasteiger partial charge in [0.05, 0.1) is 23.3 Å². The van der Waals surface area contributed by atoms with Crippen molar-refractivity contribution < 1.29 is 17.9 Å². The SMILES string of the molecule is CCC(COC(C)=O)C1c2cc(C)ccc2C(c2ccc(C)cc2)=NN1S(=O)(=O)c1ccc(C)cc1. The minimum atomic E-state index is -4.02. The molecule has 0 spiro atoms. The summed E-state index contributed by atoms with van der Waals surface area (Å²) in [7, 11) is -4.02. The number of hydrazone groups is 1. The third-order valence-corrected chi connectivity index (χ3v) is 8.25. The number of carbonyl (C=O) groups excluding carboxylic acids is 1. The molecule has 1 aliphatic rings. The van der Waals surface area contributed by atoms with Crippen LogP contribution in [0.25, 0.3) is 0 Å². The number of fused-ring (bicyclic) bond motifs is 1. The van der Waals surface area contributed by atoms with Gasteiger partial charge in [0.15, 0.2) is 0 Å². The zero-order valence-electron chi connectivity index (χ0n) is 21.4. The molecule has 3 aromatic carbocycles. The minimum absolute atomic E-state index is 0.0964. The maximum atomic E-state index is 14.1. The molecule has 0 radical (unpaired) electrons. The summed E-state index contributed by atoms with van der Waals surface area (Å²) >= 11 is 0. The van der Waals surface area contributed by atoms with Gasteiger partial charge in [-0.2, -0.15) is 17.9 Å². The fourth-order valence-corrected chi connectivity index (χ4v) is 5.98. The minimum Gasteiger partial charge on any atom is -0.465 e. The maximum Gasteiger partial charge on any atom is 0.302 e. The van der Waals surface area contributed by atoms with E-state index in [9.17, 15) is 13.2 Å². The van der Waals surface area contributed by atoms with Crippen molar-refractivity contribution in [3.63, 3.8) is 0 Å². The summed E-state index contributed by atoms with van der Waals surface area (Å²) in [5.41, 5.74) is 6.25. The van der Waals surface area contributed by atoms with Crippen molar-refractivity contribution >= 4 is 21.7 Å². The Morgan fingerprint density at radius 3 is 2.11 bits per heavy atom. The number of esters is 1. The van der Waals surface area contributed by atoms with Crippen molar-refractivity contribution in [2.24, 2.45) is 11.0 Å². The summed E-state index contributed by atoms with van der Waals surface area (Å²) < 4.78 is 34.8. The first-order valence-electron chi connectivity index (χ1n) is 12.1. The number of hydrogen-bond donors (Lipinski definition) is 0. The lowest BCUT2D eigenvalue weighted by Crippen LogP contribution is -2.41. The monoisotopic (exact) mass is 504 g/mol. The zero-order valence-corrected chi connectivity index (χ0v) is 22.2. The summed E-state index contributed by atoms with van der Waals surface area (Å²) in [5.74, 6) is -0.691. The summed E-state index contributed by atoms with van der Waals surface area (Å²) in [6, 6.07) is 20.1. The Morgan fingerprint density at radius 1 is 0.944 bits per heavy atom. The van der Waals surface area contributed by atoms with Crippen LogP contribution < -0.4 is 0 Å². The Bertz CT molecular complexity index is 1390. The van der Waals surface area contributed by atoms with Crippen molar-refractivity contribution in [1.82, 2.24) is 4.41 Å². The molecule has 0 amide bonds. The van der Waals surface area contributed by atoms with Gasteiger partial charge < -0.3 is 4.74 Å². The van der Waals surface area contributed by atoms with Crippen LogP contribution in [-0.4, -0.2) is 31.1 Å². The number of rotatable bonds is 7. The average molecular weight is 505 g/mol. The Labute approximate surface area is 213 Å². The zero-order chi connectivity index (χ0) is 26.0. The number of aryl methyl sites for hydroxylation is 3. The Hall–Kier alpha value is -3.45. The van der Waals surface area contributed by atoms with Gasteiger partial charge >= 0.3 is 5.97 Å². The Morgan fingerprint density at radius 2 is 1.53 bits per heavy atom. The third kappa shape index (κ3) is 5.07. The fraction of sp³-hybridized carbons (Fsp3) is 0.310. The fourth-order valence-electron chi connectivity index (χ4n) is 4.51. The van der Waals surface area contributed by atoms with Crippen LogP contribution >= 0.6 is 0 Å². The highest BCUT2D eigenvalue weighted by atomic mass is 32.2.